The van der Waals surface area contributed by atoms with Crippen LogP contribution in [0.4, 0.5) is 29.7 Å². The van der Waals surface area contributed by atoms with E-state index < -0.39 is 43.1 Å². The van der Waals surface area contributed by atoms with Crippen molar-refractivity contribution in [2.75, 3.05) is 50.1 Å². The molecule has 44 heavy (non-hydrogen) atoms. The summed E-state index contributed by atoms with van der Waals surface area (Å²) in [5, 5.41) is 12.3. The second-order valence-electron chi connectivity index (χ2n) is 10.6. The fourth-order valence-electron chi connectivity index (χ4n) is 5.18. The number of hydrogen-bond acceptors (Lipinski definition) is 9. The lowest BCUT2D eigenvalue weighted by Gasteiger charge is -2.38. The summed E-state index contributed by atoms with van der Waals surface area (Å²) in [6, 6.07) is 11.1. The van der Waals surface area contributed by atoms with E-state index in [1.165, 1.54) is 29.6 Å². The van der Waals surface area contributed by atoms with Crippen molar-refractivity contribution in [2.24, 2.45) is 0 Å². The van der Waals surface area contributed by atoms with E-state index in [1.807, 2.05) is 30.3 Å². The van der Waals surface area contributed by atoms with Crippen LogP contribution in [-0.4, -0.2) is 87.7 Å². The number of ether oxygens (including phenoxy) is 1. The molecule has 2 aliphatic heterocycles. The molecule has 0 aliphatic carbocycles. The van der Waals surface area contributed by atoms with Gasteiger partial charge in [-0.25, -0.2) is 33.2 Å². The van der Waals surface area contributed by atoms with Crippen molar-refractivity contribution in [1.29, 1.82) is 0 Å². The number of methoxy groups -OCH3 is 1. The number of hydrogen-bond donors (Lipinski definition) is 2. The number of halogens is 3. The van der Waals surface area contributed by atoms with Crippen molar-refractivity contribution in [3.8, 4) is 16.9 Å². The summed E-state index contributed by atoms with van der Waals surface area (Å²) in [6.45, 7) is 2.14. The highest BCUT2D eigenvalue weighted by atomic mass is 19.3. The molecule has 2 fully saturated rings. The first-order valence-corrected chi connectivity index (χ1v) is 13.9. The molecule has 5 heterocycles. The van der Waals surface area contributed by atoms with Crippen LogP contribution in [0, 0.1) is 12.9 Å². The number of nitrogens with one attached hydrogen (secondary N) is 2. The maximum atomic E-state index is 14.0. The number of carbonyl (C=O) groups is 1. The van der Waals surface area contributed by atoms with Crippen molar-refractivity contribution in [1.82, 2.24) is 35.1 Å². The monoisotopic (exact) mass is 609 g/mol. The summed E-state index contributed by atoms with van der Waals surface area (Å²) in [6.07, 6.45) is 3.74. The van der Waals surface area contributed by atoms with Gasteiger partial charge in [-0.15, -0.1) is 0 Å². The highest BCUT2D eigenvalue weighted by Gasteiger charge is 2.45. The molecule has 3 aromatic heterocycles. The molecule has 0 saturated carbocycles. The summed E-state index contributed by atoms with van der Waals surface area (Å²) < 4.78 is 47.4. The summed E-state index contributed by atoms with van der Waals surface area (Å²) in [5.41, 5.74) is 2.91. The van der Waals surface area contributed by atoms with Crippen LogP contribution < -0.4 is 15.5 Å². The molecule has 4 aromatic rings. The lowest BCUT2D eigenvalue weighted by Crippen LogP contribution is -2.57. The molecule has 12 nitrogen and oxygen atoms in total. The lowest BCUT2D eigenvalue weighted by atomic mass is 10.0. The number of amides is 2. The predicted molar refractivity (Wildman–Crippen MR) is 154 cm³/mol. The number of alkyl halides is 2. The number of aromatic nitrogens is 5. The molecule has 0 spiro atoms. The van der Waals surface area contributed by atoms with Crippen LogP contribution in [-0.2, 0) is 9.57 Å². The topological polar surface area (TPSA) is 123 Å². The van der Waals surface area contributed by atoms with Gasteiger partial charge in [0.1, 0.15) is 17.6 Å². The molecule has 0 bridgehead atoms. The zero-order chi connectivity index (χ0) is 30.8. The molecular weight excluding hydrogens is 579 g/mol. The van der Waals surface area contributed by atoms with E-state index >= 15 is 0 Å². The number of rotatable bonds is 9. The first kappa shape index (κ1) is 29.5. The van der Waals surface area contributed by atoms with Crippen molar-refractivity contribution < 1.29 is 27.5 Å². The molecule has 0 unspecified atom stereocenters. The normalized spacial score (nSPS) is 19.5. The van der Waals surface area contributed by atoms with Gasteiger partial charge < -0.3 is 15.0 Å². The Kier molecular flexibility index (Phi) is 8.16. The average molecular weight is 610 g/mol. The van der Waals surface area contributed by atoms with Crippen molar-refractivity contribution >= 4 is 17.8 Å². The molecule has 1 aromatic carbocycles. The van der Waals surface area contributed by atoms with Gasteiger partial charge in [0, 0.05) is 49.9 Å². The number of benzene rings is 1. The number of para-hydroxylation sites is 1. The molecule has 6 rings (SSSR count). The van der Waals surface area contributed by atoms with E-state index in [0.29, 0.717) is 53.6 Å². The largest absolute Gasteiger partial charge is 0.383 e. The van der Waals surface area contributed by atoms with Gasteiger partial charge in [0.15, 0.2) is 0 Å². The lowest BCUT2D eigenvalue weighted by molar-refractivity contribution is -0.154. The Bertz CT molecular complexity index is 1610. The number of carbonyl (C=O) groups excluding carboxylic acids is 1. The van der Waals surface area contributed by atoms with Gasteiger partial charge in [-0.2, -0.15) is 14.6 Å². The van der Waals surface area contributed by atoms with Gasteiger partial charge in [-0.3, -0.25) is 10.2 Å². The van der Waals surface area contributed by atoms with Crippen LogP contribution in [0.5, 0.6) is 0 Å². The Balaban J connectivity index is 1.25. The van der Waals surface area contributed by atoms with E-state index in [1.54, 1.807) is 29.8 Å². The molecule has 2 saturated heterocycles. The highest BCUT2D eigenvalue weighted by Crippen LogP contribution is 2.33. The third-order valence-electron chi connectivity index (χ3n) is 7.36. The standard InChI is InChI=1S/C29H30F3N9O3/c1-18-24(20-13-34-27(35-14-20)39-16-29(31,32)17-39)38-41(21-6-4-3-5-7-21)26(18)37-28(42)36-22-15-40(10-11-43-2)44-25(22)19-8-9-33-23(30)12-19/h3-9,12-14,22,25H,10-11,15-17H2,1-2H3,(H2,36,37,42)/t22-,25+/m1/s1. The molecule has 2 atom stereocenters. The summed E-state index contributed by atoms with van der Waals surface area (Å²) >= 11 is 0. The molecule has 2 N–H and O–H groups in total. The van der Waals surface area contributed by atoms with E-state index in [-0.39, 0.29) is 5.95 Å². The summed E-state index contributed by atoms with van der Waals surface area (Å²) in [7, 11) is 1.58. The van der Waals surface area contributed by atoms with Crippen molar-refractivity contribution in [3.63, 3.8) is 0 Å². The fourth-order valence-corrected chi connectivity index (χ4v) is 5.18. The third-order valence-corrected chi connectivity index (χ3v) is 7.36. The van der Waals surface area contributed by atoms with Crippen LogP contribution >= 0.6 is 0 Å². The van der Waals surface area contributed by atoms with Crippen LogP contribution in [0.15, 0.2) is 61.1 Å². The first-order valence-electron chi connectivity index (χ1n) is 13.9. The predicted octanol–water partition coefficient (Wildman–Crippen LogP) is 3.75. The van der Waals surface area contributed by atoms with Crippen LogP contribution in [0.3, 0.4) is 0 Å². The zero-order valence-corrected chi connectivity index (χ0v) is 24.0. The number of hydroxylamine groups is 2. The van der Waals surface area contributed by atoms with E-state index in [2.05, 4.69) is 25.6 Å². The van der Waals surface area contributed by atoms with Gasteiger partial charge in [0.2, 0.25) is 11.9 Å². The SMILES string of the molecule is COCCN1C[C@@H](NC(=O)Nc2c(C)c(-c3cnc(N4CC(F)(F)C4)nc3)nn2-c2ccccc2)[C@H](c2ccnc(F)c2)O1. The number of urea groups is 1. The van der Waals surface area contributed by atoms with E-state index in [4.69, 9.17) is 14.7 Å². The Hall–Kier alpha value is -4.60. The maximum Gasteiger partial charge on any atom is 0.320 e. The molecular formula is C29H30F3N9O3. The van der Waals surface area contributed by atoms with Crippen molar-refractivity contribution in [3.05, 3.63) is 78.1 Å². The highest BCUT2D eigenvalue weighted by molar-refractivity contribution is 5.91. The minimum Gasteiger partial charge on any atom is -0.383 e. The summed E-state index contributed by atoms with van der Waals surface area (Å²) in [4.78, 5) is 33.1. The van der Waals surface area contributed by atoms with Gasteiger partial charge in [0.05, 0.1) is 31.4 Å². The van der Waals surface area contributed by atoms with Gasteiger partial charge >= 0.3 is 6.03 Å². The van der Waals surface area contributed by atoms with Gasteiger partial charge in [-0.1, -0.05) is 18.2 Å². The number of anilines is 2. The zero-order valence-electron chi connectivity index (χ0n) is 24.0. The Morgan fingerprint density at radius 3 is 2.57 bits per heavy atom. The average Bonchev–Trinajstić information content (AvgIpc) is 3.55. The maximum absolute atomic E-state index is 14.0. The molecule has 2 amide bonds. The second kappa shape index (κ2) is 12.2. The molecule has 0 radical (unpaired) electrons. The quantitative estimate of drug-likeness (QED) is 0.273. The van der Waals surface area contributed by atoms with Crippen LogP contribution in [0.2, 0.25) is 0 Å². The molecule has 230 valence electrons. The number of nitrogens with zero attached hydrogens (tertiary/aromatic N) is 7. The van der Waals surface area contributed by atoms with Crippen molar-refractivity contribution in [2.45, 2.75) is 25.0 Å². The molecule has 15 heteroatoms. The van der Waals surface area contributed by atoms with E-state index in [0.717, 1.165) is 0 Å². The van der Waals surface area contributed by atoms with Gasteiger partial charge in [0.25, 0.3) is 5.92 Å². The Morgan fingerprint density at radius 2 is 1.89 bits per heavy atom. The Labute approximate surface area is 250 Å². The number of pyridine rings is 1. The second-order valence-corrected chi connectivity index (χ2v) is 10.6. The Morgan fingerprint density at radius 1 is 1.14 bits per heavy atom. The van der Waals surface area contributed by atoms with Gasteiger partial charge in [-0.05, 0) is 36.8 Å². The fraction of sp³-hybridized carbons (Fsp3) is 0.345. The summed E-state index contributed by atoms with van der Waals surface area (Å²) in [5.74, 6) is -2.79. The first-order chi connectivity index (χ1) is 21.2. The minimum atomic E-state index is -2.74. The smallest absolute Gasteiger partial charge is 0.320 e. The third kappa shape index (κ3) is 6.20. The minimum absolute atomic E-state index is 0.208. The molecule has 2 aliphatic rings. The van der Waals surface area contributed by atoms with Crippen LogP contribution in [0.25, 0.3) is 16.9 Å². The van der Waals surface area contributed by atoms with Crippen LogP contribution in [0.1, 0.15) is 17.2 Å². The van der Waals surface area contributed by atoms with E-state index in [9.17, 15) is 18.0 Å².